The second kappa shape index (κ2) is 5.64. The lowest BCUT2D eigenvalue weighted by molar-refractivity contribution is 0.501. The van der Waals surface area contributed by atoms with Crippen LogP contribution in [0.5, 0.6) is 0 Å². The highest BCUT2D eigenvalue weighted by Crippen LogP contribution is 2.13. The predicted molar refractivity (Wildman–Crippen MR) is 55.8 cm³/mol. The van der Waals surface area contributed by atoms with Crippen molar-refractivity contribution in [2.75, 3.05) is 6.54 Å². The zero-order valence-corrected chi connectivity index (χ0v) is 8.59. The number of rotatable bonds is 1. The quantitative estimate of drug-likeness (QED) is 0.576. The molecular weight excluding hydrogens is 146 g/mol. The van der Waals surface area contributed by atoms with Crippen LogP contribution in [0.1, 0.15) is 27.7 Å². The van der Waals surface area contributed by atoms with Crippen molar-refractivity contribution in [1.82, 2.24) is 4.90 Å². The van der Waals surface area contributed by atoms with Gasteiger partial charge in [-0.2, -0.15) is 0 Å². The van der Waals surface area contributed by atoms with Gasteiger partial charge in [-0.05, 0) is 25.5 Å². The fraction of sp³-hybridized carbons (Fsp3) is 0.455. The summed E-state index contributed by atoms with van der Waals surface area (Å²) in [5.41, 5.74) is 2.36. The van der Waals surface area contributed by atoms with Gasteiger partial charge in [0, 0.05) is 18.4 Å². The van der Waals surface area contributed by atoms with Crippen molar-refractivity contribution in [2.45, 2.75) is 27.7 Å². The summed E-state index contributed by atoms with van der Waals surface area (Å²) in [5.74, 6) is 0. The monoisotopic (exact) mass is 165 g/mol. The van der Waals surface area contributed by atoms with E-state index in [-0.39, 0.29) is 0 Å². The van der Waals surface area contributed by atoms with E-state index in [2.05, 4.69) is 37.6 Å². The van der Waals surface area contributed by atoms with E-state index in [0.717, 1.165) is 12.2 Å². The number of hydrogen-bond acceptors (Lipinski definition) is 1. The Labute approximate surface area is 76.1 Å². The second-order valence-electron chi connectivity index (χ2n) is 2.48. The Morgan fingerprint density at radius 1 is 1.33 bits per heavy atom. The van der Waals surface area contributed by atoms with Crippen molar-refractivity contribution in [3.8, 4) is 0 Å². The zero-order chi connectivity index (χ0) is 9.56. The predicted octanol–water partition coefficient (Wildman–Crippen LogP) is 3.32. The fourth-order valence-corrected chi connectivity index (χ4v) is 0.990. The Morgan fingerprint density at radius 3 is 2.33 bits per heavy atom. The van der Waals surface area contributed by atoms with Crippen LogP contribution >= 0.6 is 0 Å². The summed E-state index contributed by atoms with van der Waals surface area (Å²) in [6.45, 7) is 13.1. The number of hydrogen-bond donors (Lipinski definition) is 0. The van der Waals surface area contributed by atoms with Crippen LogP contribution in [0, 0.1) is 0 Å². The third-order valence-corrected chi connectivity index (χ3v) is 1.61. The van der Waals surface area contributed by atoms with Gasteiger partial charge in [-0.3, -0.25) is 0 Å². The first-order chi connectivity index (χ1) is 5.74. The lowest BCUT2D eigenvalue weighted by Gasteiger charge is -2.22. The number of likely N-dealkylation sites (N-methyl/N-ethyl adjacent to an activating group) is 1. The first kappa shape index (κ1) is 11.0. The molecule has 1 heteroatoms. The summed E-state index contributed by atoms with van der Waals surface area (Å²) in [4.78, 5) is 2.13. The third-order valence-electron chi connectivity index (χ3n) is 1.61. The van der Waals surface area contributed by atoms with Crippen molar-refractivity contribution >= 4 is 0 Å². The van der Waals surface area contributed by atoms with Crippen molar-refractivity contribution in [2.24, 2.45) is 0 Å². The van der Waals surface area contributed by atoms with Crippen LogP contribution in [0.3, 0.4) is 0 Å². The molecule has 0 bridgehead atoms. The Bertz CT molecular complexity index is 199. The first-order valence-electron chi connectivity index (χ1n) is 4.56. The maximum absolute atomic E-state index is 3.90. The van der Waals surface area contributed by atoms with E-state index in [9.17, 15) is 0 Å². The minimum absolute atomic E-state index is 1.00. The lowest BCUT2D eigenvalue weighted by Crippen LogP contribution is -2.16. The van der Waals surface area contributed by atoms with E-state index < -0.39 is 0 Å². The van der Waals surface area contributed by atoms with Crippen LogP contribution in [-0.4, -0.2) is 11.4 Å². The van der Waals surface area contributed by atoms with E-state index in [1.807, 2.05) is 19.9 Å². The minimum Gasteiger partial charge on any atom is -0.348 e. The molecule has 12 heavy (non-hydrogen) atoms. The molecule has 1 nitrogen and oxygen atoms in total. The molecule has 0 radical (unpaired) electrons. The Hall–Kier alpha value is -0.980. The molecule has 0 aliphatic carbocycles. The maximum atomic E-state index is 3.90. The first-order valence-corrected chi connectivity index (χ1v) is 4.56. The van der Waals surface area contributed by atoms with Gasteiger partial charge < -0.3 is 4.90 Å². The Kier molecular flexibility index (Phi) is 5.18. The van der Waals surface area contributed by atoms with Crippen LogP contribution in [0.25, 0.3) is 0 Å². The molecule has 0 aromatic carbocycles. The Morgan fingerprint density at radius 2 is 1.92 bits per heavy atom. The van der Waals surface area contributed by atoms with Gasteiger partial charge in [-0.25, -0.2) is 0 Å². The molecule has 0 amide bonds. The van der Waals surface area contributed by atoms with Gasteiger partial charge in [0.15, 0.2) is 0 Å². The summed E-state index contributed by atoms with van der Waals surface area (Å²) in [5, 5.41) is 0. The molecule has 0 fully saturated rings. The van der Waals surface area contributed by atoms with Gasteiger partial charge in [0.05, 0.1) is 0 Å². The van der Waals surface area contributed by atoms with Gasteiger partial charge in [-0.1, -0.05) is 26.5 Å². The van der Waals surface area contributed by atoms with Gasteiger partial charge in [0.25, 0.3) is 0 Å². The molecule has 0 saturated carbocycles. The molecular formula is C11H19N. The van der Waals surface area contributed by atoms with Crippen LogP contribution in [0.2, 0.25) is 0 Å². The molecule has 0 unspecified atom stereocenters. The average molecular weight is 165 g/mol. The van der Waals surface area contributed by atoms with E-state index in [1.54, 1.807) is 0 Å². The third kappa shape index (κ3) is 2.95. The molecule has 0 N–H and O–H groups in total. The number of nitrogens with zero attached hydrogens (tertiary/aromatic N) is 1. The molecule has 0 aromatic rings. The molecule has 0 saturated heterocycles. The molecule has 0 atom stereocenters. The van der Waals surface area contributed by atoms with Gasteiger partial charge in [0.2, 0.25) is 0 Å². The summed E-state index contributed by atoms with van der Waals surface area (Å²) < 4.78 is 0. The molecule has 1 heterocycles. The SMILES string of the molecule is C=C1C=CC(C)=CN1CC.CC. The van der Waals surface area contributed by atoms with E-state index in [1.165, 1.54) is 5.57 Å². The summed E-state index contributed by atoms with van der Waals surface area (Å²) >= 11 is 0. The standard InChI is InChI=1S/C9H13N.C2H6/c1-4-10-7-8(2)5-6-9(10)3;1-2/h5-7H,3-4H2,1-2H3;1-2H3. The zero-order valence-electron chi connectivity index (χ0n) is 8.59. The Balaban J connectivity index is 0.000000561. The van der Waals surface area contributed by atoms with Gasteiger partial charge in [-0.15, -0.1) is 0 Å². The molecule has 68 valence electrons. The lowest BCUT2D eigenvalue weighted by atomic mass is 10.2. The van der Waals surface area contributed by atoms with Crippen LogP contribution < -0.4 is 0 Å². The molecule has 1 aliphatic rings. The van der Waals surface area contributed by atoms with Crippen molar-refractivity contribution in [3.05, 3.63) is 36.2 Å². The van der Waals surface area contributed by atoms with E-state index >= 15 is 0 Å². The average Bonchev–Trinajstić information content (AvgIpc) is 2.13. The van der Waals surface area contributed by atoms with E-state index in [0.29, 0.717) is 0 Å². The summed E-state index contributed by atoms with van der Waals surface area (Å²) in [7, 11) is 0. The highest BCUT2D eigenvalue weighted by molar-refractivity contribution is 5.30. The van der Waals surface area contributed by atoms with Crippen LogP contribution in [0.15, 0.2) is 36.2 Å². The van der Waals surface area contributed by atoms with Gasteiger partial charge >= 0.3 is 0 Å². The number of allylic oxidation sites excluding steroid dienone is 3. The molecule has 1 aliphatic heterocycles. The van der Waals surface area contributed by atoms with Crippen molar-refractivity contribution in [1.29, 1.82) is 0 Å². The van der Waals surface area contributed by atoms with Crippen molar-refractivity contribution in [3.63, 3.8) is 0 Å². The van der Waals surface area contributed by atoms with Crippen LogP contribution in [0.4, 0.5) is 0 Å². The van der Waals surface area contributed by atoms with Gasteiger partial charge in [0.1, 0.15) is 0 Å². The normalized spacial score (nSPS) is 15.2. The summed E-state index contributed by atoms with van der Waals surface area (Å²) in [6, 6.07) is 0. The van der Waals surface area contributed by atoms with Crippen molar-refractivity contribution < 1.29 is 0 Å². The van der Waals surface area contributed by atoms with Crippen LogP contribution in [-0.2, 0) is 0 Å². The highest BCUT2D eigenvalue weighted by atomic mass is 15.1. The highest BCUT2D eigenvalue weighted by Gasteiger charge is 2.02. The molecule has 0 spiro atoms. The topological polar surface area (TPSA) is 3.24 Å². The second-order valence-corrected chi connectivity index (χ2v) is 2.48. The fourth-order valence-electron chi connectivity index (χ4n) is 0.990. The maximum Gasteiger partial charge on any atom is 0.0333 e. The molecule has 1 rings (SSSR count). The smallest absolute Gasteiger partial charge is 0.0333 e. The largest absolute Gasteiger partial charge is 0.348 e. The minimum atomic E-state index is 1.00. The summed E-state index contributed by atoms with van der Waals surface area (Å²) in [6.07, 6.45) is 6.23. The molecule has 0 aromatic heterocycles. The van der Waals surface area contributed by atoms with E-state index in [4.69, 9.17) is 0 Å².